The first kappa shape index (κ1) is 16.0. The third kappa shape index (κ3) is 3.25. The number of hydrogen-bond donors (Lipinski definition) is 2. The van der Waals surface area contributed by atoms with Gasteiger partial charge in [-0.1, -0.05) is 25.7 Å². The first-order valence-electron chi connectivity index (χ1n) is 7.42. The molecule has 1 aliphatic rings. The minimum Gasteiger partial charge on any atom is -0.480 e. The average Bonchev–Trinajstić information content (AvgIpc) is 2.73. The largest absolute Gasteiger partial charge is 0.480 e. The summed E-state index contributed by atoms with van der Waals surface area (Å²) in [6.45, 7) is 1.65. The van der Waals surface area contributed by atoms with E-state index in [0.29, 0.717) is 24.1 Å². The molecule has 2 N–H and O–H groups in total. The predicted molar refractivity (Wildman–Crippen MR) is 79.2 cm³/mol. The lowest BCUT2D eigenvalue weighted by molar-refractivity contribution is -0.145. The smallest absolute Gasteiger partial charge is 0.329 e. The van der Waals surface area contributed by atoms with Crippen molar-refractivity contribution in [1.29, 1.82) is 5.26 Å². The van der Waals surface area contributed by atoms with Crippen LogP contribution in [0.4, 0.5) is 0 Å². The van der Waals surface area contributed by atoms with Crippen LogP contribution >= 0.6 is 0 Å². The number of nitriles is 1. The normalized spacial score (nSPS) is 17.1. The zero-order valence-electron chi connectivity index (χ0n) is 12.6. The van der Waals surface area contributed by atoms with Crippen LogP contribution in [-0.4, -0.2) is 27.5 Å². The molecular weight excluding hydrogens is 282 g/mol. The highest BCUT2D eigenvalue weighted by molar-refractivity contribution is 5.96. The van der Waals surface area contributed by atoms with Crippen molar-refractivity contribution in [2.24, 2.45) is 0 Å². The van der Waals surface area contributed by atoms with E-state index in [-0.39, 0.29) is 5.69 Å². The Hall–Kier alpha value is -2.42. The van der Waals surface area contributed by atoms with Crippen molar-refractivity contribution in [3.8, 4) is 6.07 Å². The molecule has 0 bridgehead atoms. The lowest BCUT2D eigenvalue weighted by Crippen LogP contribution is -2.54. The second kappa shape index (κ2) is 6.56. The Morgan fingerprint density at radius 1 is 1.27 bits per heavy atom. The molecule has 1 saturated carbocycles. The standard InChI is InChI=1S/C16H19N3O3/c1-11-12(10-17)6-7-13(18-11)14(20)19-16(15(21)22)8-4-2-3-5-9-16/h6-7H,2-5,8-9H2,1H3,(H,19,20)(H,21,22). The van der Waals surface area contributed by atoms with Gasteiger partial charge in [0.1, 0.15) is 17.3 Å². The molecule has 1 heterocycles. The van der Waals surface area contributed by atoms with Crippen molar-refractivity contribution in [2.45, 2.75) is 51.0 Å². The maximum atomic E-state index is 12.4. The maximum absolute atomic E-state index is 12.4. The van der Waals surface area contributed by atoms with E-state index in [9.17, 15) is 14.7 Å². The number of aliphatic carboxylic acids is 1. The maximum Gasteiger partial charge on any atom is 0.329 e. The fourth-order valence-electron chi connectivity index (χ4n) is 2.81. The van der Waals surface area contributed by atoms with Gasteiger partial charge < -0.3 is 10.4 Å². The molecule has 1 amide bonds. The Labute approximate surface area is 129 Å². The Morgan fingerprint density at radius 2 is 1.91 bits per heavy atom. The molecule has 2 rings (SSSR count). The van der Waals surface area contributed by atoms with Gasteiger partial charge in [-0.3, -0.25) is 4.79 Å². The summed E-state index contributed by atoms with van der Waals surface area (Å²) in [5, 5.41) is 21.1. The summed E-state index contributed by atoms with van der Waals surface area (Å²) in [6, 6.07) is 4.97. The van der Waals surface area contributed by atoms with E-state index in [4.69, 9.17) is 5.26 Å². The van der Waals surface area contributed by atoms with Crippen LogP contribution in [0.1, 0.15) is 60.3 Å². The number of carbonyl (C=O) groups excluding carboxylic acids is 1. The van der Waals surface area contributed by atoms with E-state index in [1.54, 1.807) is 6.92 Å². The molecule has 1 fully saturated rings. The zero-order valence-corrected chi connectivity index (χ0v) is 12.6. The summed E-state index contributed by atoms with van der Waals surface area (Å²) >= 11 is 0. The summed E-state index contributed by atoms with van der Waals surface area (Å²) in [4.78, 5) is 28.1. The van der Waals surface area contributed by atoms with Gasteiger partial charge in [-0.05, 0) is 31.9 Å². The number of carboxylic acids is 1. The third-order valence-electron chi connectivity index (χ3n) is 4.16. The number of carboxylic acid groups (broad SMARTS) is 1. The monoisotopic (exact) mass is 301 g/mol. The van der Waals surface area contributed by atoms with E-state index in [1.165, 1.54) is 12.1 Å². The Balaban J connectivity index is 2.23. The SMILES string of the molecule is Cc1nc(C(=O)NC2(C(=O)O)CCCCCC2)ccc1C#N. The highest BCUT2D eigenvalue weighted by Crippen LogP contribution is 2.27. The van der Waals surface area contributed by atoms with Gasteiger partial charge in [0, 0.05) is 0 Å². The van der Waals surface area contributed by atoms with E-state index in [1.807, 2.05) is 6.07 Å². The van der Waals surface area contributed by atoms with Gasteiger partial charge in [0.25, 0.3) is 5.91 Å². The topological polar surface area (TPSA) is 103 Å². The van der Waals surface area contributed by atoms with Gasteiger partial charge in [0.05, 0.1) is 11.3 Å². The molecule has 0 aromatic carbocycles. The molecule has 6 nitrogen and oxygen atoms in total. The van der Waals surface area contributed by atoms with Gasteiger partial charge >= 0.3 is 5.97 Å². The predicted octanol–water partition coefficient (Wildman–Crippen LogP) is 2.17. The molecule has 1 aromatic heterocycles. The van der Waals surface area contributed by atoms with E-state index < -0.39 is 17.4 Å². The number of aryl methyl sites for hydroxylation is 1. The summed E-state index contributed by atoms with van der Waals surface area (Å²) < 4.78 is 0. The van der Waals surface area contributed by atoms with E-state index >= 15 is 0 Å². The molecule has 0 radical (unpaired) electrons. The quantitative estimate of drug-likeness (QED) is 0.833. The number of nitrogens with zero attached hydrogens (tertiary/aromatic N) is 2. The van der Waals surface area contributed by atoms with Gasteiger partial charge in [-0.2, -0.15) is 5.26 Å². The number of carbonyl (C=O) groups is 2. The van der Waals surface area contributed by atoms with Crippen molar-refractivity contribution >= 4 is 11.9 Å². The summed E-state index contributed by atoms with van der Waals surface area (Å²) in [7, 11) is 0. The molecule has 116 valence electrons. The van der Waals surface area contributed by atoms with E-state index in [0.717, 1.165) is 25.7 Å². The van der Waals surface area contributed by atoms with Crippen LogP contribution < -0.4 is 5.32 Å². The second-order valence-corrected chi connectivity index (χ2v) is 5.70. The van der Waals surface area contributed by atoms with Crippen molar-refractivity contribution in [2.75, 3.05) is 0 Å². The van der Waals surface area contributed by atoms with Gasteiger partial charge in [0.15, 0.2) is 0 Å². The van der Waals surface area contributed by atoms with Gasteiger partial charge in [0.2, 0.25) is 0 Å². The van der Waals surface area contributed by atoms with Crippen LogP contribution in [0.2, 0.25) is 0 Å². The van der Waals surface area contributed by atoms with Crippen LogP contribution in [-0.2, 0) is 4.79 Å². The van der Waals surface area contributed by atoms with E-state index in [2.05, 4.69) is 10.3 Å². The fourth-order valence-corrected chi connectivity index (χ4v) is 2.81. The first-order chi connectivity index (χ1) is 10.5. The van der Waals surface area contributed by atoms with Crippen LogP contribution in [0.25, 0.3) is 0 Å². The number of hydrogen-bond acceptors (Lipinski definition) is 4. The fraction of sp³-hybridized carbons (Fsp3) is 0.500. The Kier molecular flexibility index (Phi) is 4.76. The van der Waals surface area contributed by atoms with Crippen molar-refractivity contribution in [3.63, 3.8) is 0 Å². The number of aromatic nitrogens is 1. The summed E-state index contributed by atoms with van der Waals surface area (Å²) in [6.07, 6.45) is 4.41. The molecule has 0 saturated heterocycles. The summed E-state index contributed by atoms with van der Waals surface area (Å²) in [5.74, 6) is -1.50. The van der Waals surface area contributed by atoms with Crippen molar-refractivity contribution in [3.05, 3.63) is 29.1 Å². The molecule has 6 heteroatoms. The van der Waals surface area contributed by atoms with Crippen LogP contribution in [0.3, 0.4) is 0 Å². The molecule has 0 atom stereocenters. The van der Waals surface area contributed by atoms with Gasteiger partial charge in [-0.15, -0.1) is 0 Å². The highest BCUT2D eigenvalue weighted by atomic mass is 16.4. The Bertz CT molecular complexity index is 626. The molecule has 0 spiro atoms. The zero-order chi connectivity index (χ0) is 16.2. The number of rotatable bonds is 3. The molecule has 0 unspecified atom stereocenters. The first-order valence-corrected chi connectivity index (χ1v) is 7.42. The van der Waals surface area contributed by atoms with Crippen LogP contribution in [0.15, 0.2) is 12.1 Å². The minimum absolute atomic E-state index is 0.140. The number of nitrogens with one attached hydrogen (secondary N) is 1. The average molecular weight is 301 g/mol. The molecule has 0 aliphatic heterocycles. The van der Waals surface area contributed by atoms with Crippen LogP contribution in [0, 0.1) is 18.3 Å². The lowest BCUT2D eigenvalue weighted by Gasteiger charge is -2.29. The van der Waals surface area contributed by atoms with Crippen molar-refractivity contribution < 1.29 is 14.7 Å². The molecule has 1 aromatic rings. The molecule has 22 heavy (non-hydrogen) atoms. The lowest BCUT2D eigenvalue weighted by atomic mass is 9.90. The van der Waals surface area contributed by atoms with Crippen molar-refractivity contribution in [1.82, 2.24) is 10.3 Å². The van der Waals surface area contributed by atoms with Crippen LogP contribution in [0.5, 0.6) is 0 Å². The number of amides is 1. The highest BCUT2D eigenvalue weighted by Gasteiger charge is 2.40. The van der Waals surface area contributed by atoms with Gasteiger partial charge in [-0.25, -0.2) is 9.78 Å². The second-order valence-electron chi connectivity index (χ2n) is 5.70. The molecular formula is C16H19N3O3. The summed E-state index contributed by atoms with van der Waals surface area (Å²) in [5.41, 5.74) is -0.211. The minimum atomic E-state index is -1.21. The third-order valence-corrected chi connectivity index (χ3v) is 4.16. The number of pyridine rings is 1. The molecule has 1 aliphatic carbocycles. The Morgan fingerprint density at radius 3 is 2.41 bits per heavy atom.